The Labute approximate surface area is 164 Å². The largest absolute Gasteiger partial charge is 0.443 e. The quantitative estimate of drug-likeness (QED) is 0.803. The number of cyclic esters (lactones) is 1. The molecule has 0 bridgehead atoms. The SMILES string of the molecule is NC[C@H]1CN(c2ccccc2N2CCN(Cc3ccccc3)C(F)C2)C(=O)O1. The van der Waals surface area contributed by atoms with Gasteiger partial charge in [0.15, 0.2) is 6.30 Å². The van der Waals surface area contributed by atoms with Gasteiger partial charge in [0.1, 0.15) is 6.10 Å². The van der Waals surface area contributed by atoms with E-state index in [2.05, 4.69) is 0 Å². The van der Waals surface area contributed by atoms with Gasteiger partial charge in [0, 0.05) is 26.2 Å². The van der Waals surface area contributed by atoms with Crippen LogP contribution in [0.15, 0.2) is 54.6 Å². The first-order chi connectivity index (χ1) is 13.7. The van der Waals surface area contributed by atoms with Crippen molar-refractivity contribution in [1.82, 2.24) is 4.90 Å². The molecule has 1 amide bonds. The zero-order chi connectivity index (χ0) is 19.5. The summed E-state index contributed by atoms with van der Waals surface area (Å²) < 4.78 is 20.2. The van der Waals surface area contributed by atoms with Gasteiger partial charge in [-0.3, -0.25) is 9.80 Å². The summed E-state index contributed by atoms with van der Waals surface area (Å²) in [6.45, 7) is 2.85. The third kappa shape index (κ3) is 3.81. The molecule has 6 nitrogen and oxygen atoms in total. The molecule has 2 aromatic carbocycles. The van der Waals surface area contributed by atoms with Crippen molar-refractivity contribution in [3.63, 3.8) is 0 Å². The van der Waals surface area contributed by atoms with E-state index in [1.54, 1.807) is 4.90 Å². The summed E-state index contributed by atoms with van der Waals surface area (Å²) in [7, 11) is 0. The predicted octanol–water partition coefficient (Wildman–Crippen LogP) is 2.59. The number of hydrogen-bond donors (Lipinski definition) is 1. The lowest BCUT2D eigenvalue weighted by Crippen LogP contribution is -2.51. The van der Waals surface area contributed by atoms with Gasteiger partial charge in [-0.05, 0) is 17.7 Å². The molecule has 2 aliphatic heterocycles. The average molecular weight is 384 g/mol. The summed E-state index contributed by atoms with van der Waals surface area (Å²) in [5, 5.41) is 0. The highest BCUT2D eigenvalue weighted by molar-refractivity contribution is 5.94. The number of ether oxygens (including phenoxy) is 1. The summed E-state index contributed by atoms with van der Waals surface area (Å²) in [6.07, 6.45) is -1.79. The molecule has 0 aliphatic carbocycles. The Morgan fingerprint density at radius 3 is 2.39 bits per heavy atom. The van der Waals surface area contributed by atoms with Gasteiger partial charge in [0.05, 0.1) is 24.5 Å². The molecule has 4 rings (SSSR count). The van der Waals surface area contributed by atoms with Gasteiger partial charge < -0.3 is 15.4 Å². The van der Waals surface area contributed by atoms with E-state index in [-0.39, 0.29) is 19.2 Å². The first kappa shape index (κ1) is 18.7. The second-order valence-corrected chi connectivity index (χ2v) is 7.18. The number of alkyl halides is 1. The van der Waals surface area contributed by atoms with Gasteiger partial charge in [-0.25, -0.2) is 9.18 Å². The number of rotatable bonds is 5. The van der Waals surface area contributed by atoms with Crippen LogP contribution in [0, 0.1) is 0 Å². The summed E-state index contributed by atoms with van der Waals surface area (Å²) in [4.78, 5) is 17.7. The minimum Gasteiger partial charge on any atom is -0.443 e. The summed E-state index contributed by atoms with van der Waals surface area (Å²) in [5.74, 6) is 0. The van der Waals surface area contributed by atoms with Crippen molar-refractivity contribution in [2.75, 3.05) is 42.5 Å². The Morgan fingerprint density at radius 1 is 1.00 bits per heavy atom. The molecule has 1 unspecified atom stereocenters. The molecule has 28 heavy (non-hydrogen) atoms. The fraction of sp³-hybridized carbons (Fsp3) is 0.381. The Bertz CT molecular complexity index is 819. The summed E-state index contributed by atoms with van der Waals surface area (Å²) in [6, 6.07) is 17.5. The average Bonchev–Trinajstić information content (AvgIpc) is 3.11. The van der Waals surface area contributed by atoms with Crippen LogP contribution < -0.4 is 15.5 Å². The number of nitrogens with two attached hydrogens (primary N) is 1. The van der Waals surface area contributed by atoms with Crippen molar-refractivity contribution >= 4 is 17.5 Å². The number of amides is 1. The maximum Gasteiger partial charge on any atom is 0.414 e. The number of benzene rings is 2. The molecule has 0 aromatic heterocycles. The molecule has 2 aromatic rings. The van der Waals surface area contributed by atoms with Gasteiger partial charge in [-0.1, -0.05) is 42.5 Å². The van der Waals surface area contributed by atoms with E-state index < -0.39 is 12.4 Å². The first-order valence-electron chi connectivity index (χ1n) is 9.60. The zero-order valence-electron chi connectivity index (χ0n) is 15.7. The smallest absolute Gasteiger partial charge is 0.414 e. The number of hydrogen-bond acceptors (Lipinski definition) is 5. The van der Waals surface area contributed by atoms with Gasteiger partial charge in [-0.15, -0.1) is 0 Å². The van der Waals surface area contributed by atoms with Crippen LogP contribution in [0.2, 0.25) is 0 Å². The molecule has 2 heterocycles. The van der Waals surface area contributed by atoms with Crippen LogP contribution in [-0.4, -0.2) is 56.1 Å². The molecule has 2 atom stereocenters. The third-order valence-electron chi connectivity index (χ3n) is 5.30. The predicted molar refractivity (Wildman–Crippen MR) is 107 cm³/mol. The van der Waals surface area contributed by atoms with Crippen LogP contribution in [0.3, 0.4) is 0 Å². The van der Waals surface area contributed by atoms with Crippen molar-refractivity contribution in [2.45, 2.75) is 18.9 Å². The number of anilines is 2. The highest BCUT2D eigenvalue weighted by Crippen LogP contribution is 2.33. The molecule has 148 valence electrons. The van der Waals surface area contributed by atoms with Crippen molar-refractivity contribution in [1.29, 1.82) is 0 Å². The molecule has 2 N–H and O–H groups in total. The molecule has 2 fully saturated rings. The van der Waals surface area contributed by atoms with Crippen LogP contribution in [-0.2, 0) is 11.3 Å². The molecule has 0 radical (unpaired) electrons. The molecular formula is C21H25FN4O2. The Kier molecular flexibility index (Phi) is 5.45. The number of halogens is 1. The molecule has 0 saturated carbocycles. The van der Waals surface area contributed by atoms with Gasteiger partial charge in [-0.2, -0.15) is 0 Å². The normalized spacial score (nSPS) is 23.1. The number of para-hydroxylation sites is 2. The third-order valence-corrected chi connectivity index (χ3v) is 5.30. The molecule has 7 heteroatoms. The molecular weight excluding hydrogens is 359 g/mol. The fourth-order valence-electron chi connectivity index (χ4n) is 3.79. The van der Waals surface area contributed by atoms with E-state index in [9.17, 15) is 9.18 Å². The number of nitrogens with zero attached hydrogens (tertiary/aromatic N) is 3. The lowest BCUT2D eigenvalue weighted by Gasteiger charge is -2.39. The fourth-order valence-corrected chi connectivity index (χ4v) is 3.79. The van der Waals surface area contributed by atoms with Gasteiger partial charge in [0.25, 0.3) is 0 Å². The Hall–Kier alpha value is -2.64. The van der Waals surface area contributed by atoms with Crippen molar-refractivity contribution in [3.05, 3.63) is 60.2 Å². The van der Waals surface area contributed by atoms with E-state index >= 15 is 0 Å². The Balaban J connectivity index is 1.48. The van der Waals surface area contributed by atoms with Crippen LogP contribution in [0.1, 0.15) is 5.56 Å². The van der Waals surface area contributed by atoms with Crippen LogP contribution in [0.4, 0.5) is 20.6 Å². The second-order valence-electron chi connectivity index (χ2n) is 7.18. The highest BCUT2D eigenvalue weighted by Gasteiger charge is 2.35. The lowest BCUT2D eigenvalue weighted by atomic mass is 10.1. The zero-order valence-corrected chi connectivity index (χ0v) is 15.7. The summed E-state index contributed by atoms with van der Waals surface area (Å²) >= 11 is 0. The van der Waals surface area contributed by atoms with Crippen LogP contribution in [0.5, 0.6) is 0 Å². The minimum atomic E-state index is -1.08. The lowest BCUT2D eigenvalue weighted by molar-refractivity contribution is 0.0635. The monoisotopic (exact) mass is 384 g/mol. The van der Waals surface area contributed by atoms with Crippen molar-refractivity contribution < 1.29 is 13.9 Å². The topological polar surface area (TPSA) is 62.0 Å². The summed E-state index contributed by atoms with van der Waals surface area (Å²) in [5.41, 5.74) is 8.34. The van der Waals surface area contributed by atoms with E-state index in [0.29, 0.717) is 26.2 Å². The molecule has 2 saturated heterocycles. The van der Waals surface area contributed by atoms with Crippen LogP contribution in [0.25, 0.3) is 0 Å². The van der Waals surface area contributed by atoms with E-state index in [4.69, 9.17) is 10.5 Å². The van der Waals surface area contributed by atoms with Crippen molar-refractivity contribution in [2.24, 2.45) is 5.73 Å². The minimum absolute atomic E-state index is 0.257. The molecule has 2 aliphatic rings. The second kappa shape index (κ2) is 8.16. The standard InChI is InChI=1S/C21H25FN4O2/c22-20-15-24(10-11-25(20)13-16-6-2-1-3-7-16)18-8-4-5-9-19(18)26-14-17(12-23)28-21(26)27/h1-9,17,20H,10-15,23H2/t17-,20?/m0/s1. The number of carbonyl (C=O) groups is 1. The highest BCUT2D eigenvalue weighted by atomic mass is 19.1. The van der Waals surface area contributed by atoms with E-state index in [0.717, 1.165) is 16.9 Å². The van der Waals surface area contributed by atoms with Gasteiger partial charge >= 0.3 is 6.09 Å². The number of piperazine rings is 1. The van der Waals surface area contributed by atoms with Crippen molar-refractivity contribution in [3.8, 4) is 0 Å². The van der Waals surface area contributed by atoms with Gasteiger partial charge in [0.2, 0.25) is 0 Å². The first-order valence-corrected chi connectivity index (χ1v) is 9.60. The number of carbonyl (C=O) groups excluding carboxylic acids is 1. The van der Waals surface area contributed by atoms with Crippen LogP contribution >= 0.6 is 0 Å². The maximum absolute atomic E-state index is 14.9. The Morgan fingerprint density at radius 2 is 1.71 bits per heavy atom. The molecule has 0 spiro atoms. The van der Waals surface area contributed by atoms with E-state index in [1.165, 1.54) is 0 Å². The maximum atomic E-state index is 14.9. The van der Waals surface area contributed by atoms with E-state index in [1.807, 2.05) is 64.4 Å².